The number of aromatic nitrogens is 8. The minimum Gasteiger partial charge on any atom is -0.382 e. The van der Waals surface area contributed by atoms with Gasteiger partial charge in [0, 0.05) is 39.6 Å². The van der Waals surface area contributed by atoms with Gasteiger partial charge in [0.15, 0.2) is 11.5 Å². The molecular weight excluding hydrogens is 600 g/mol. The van der Waals surface area contributed by atoms with E-state index in [1.807, 2.05) is 64.2 Å². The summed E-state index contributed by atoms with van der Waals surface area (Å²) in [7, 11) is 0. The number of nitrogens with two attached hydrogens (primary N) is 1. The largest absolute Gasteiger partial charge is 0.382 e. The van der Waals surface area contributed by atoms with E-state index in [0.717, 1.165) is 33.4 Å². The first-order valence-corrected chi connectivity index (χ1v) is 15.4. The third-order valence-electron chi connectivity index (χ3n) is 8.86. The summed E-state index contributed by atoms with van der Waals surface area (Å²) >= 11 is 6.77. The molecule has 1 aliphatic rings. The summed E-state index contributed by atoms with van der Waals surface area (Å²) < 4.78 is 3.59. The fraction of sp³-hybridized carbons (Fsp3) is 0.176. The molecule has 2 atom stereocenters. The number of carbonyl (C=O) groups is 1. The van der Waals surface area contributed by atoms with Gasteiger partial charge >= 0.3 is 0 Å². The molecule has 12 heteroatoms. The minimum atomic E-state index is -0.178. The summed E-state index contributed by atoms with van der Waals surface area (Å²) in [5, 5.41) is 10.6. The number of aromatic amines is 1. The summed E-state index contributed by atoms with van der Waals surface area (Å²) in [6.45, 7) is 3.37. The molecule has 3 N–H and O–H groups in total. The lowest BCUT2D eigenvalue weighted by atomic mass is 9.83. The Bertz CT molecular complexity index is 2250. The lowest BCUT2D eigenvalue weighted by Gasteiger charge is -2.39. The summed E-state index contributed by atoms with van der Waals surface area (Å²) in [6, 6.07) is 23.7. The molecule has 228 valence electrons. The van der Waals surface area contributed by atoms with Crippen LogP contribution in [0.1, 0.15) is 57.3 Å². The van der Waals surface area contributed by atoms with Crippen LogP contribution in [0.2, 0.25) is 5.02 Å². The summed E-state index contributed by atoms with van der Waals surface area (Å²) in [5.41, 5.74) is 13.6. The number of para-hydroxylation sites is 1. The Kier molecular flexibility index (Phi) is 6.75. The Labute approximate surface area is 268 Å². The molecule has 4 aromatic heterocycles. The molecule has 11 nitrogen and oxygen atoms in total. The number of carbonyl (C=O) groups excluding carboxylic acids is 1. The lowest BCUT2D eigenvalue weighted by molar-refractivity contribution is 0.0661. The van der Waals surface area contributed by atoms with E-state index < -0.39 is 0 Å². The van der Waals surface area contributed by atoms with E-state index in [0.29, 0.717) is 47.2 Å². The molecule has 46 heavy (non-hydrogen) atoms. The normalized spacial score (nSPS) is 16.3. The molecular formula is C34H29ClN10O. The van der Waals surface area contributed by atoms with Gasteiger partial charge in [0.05, 0.1) is 31.7 Å². The zero-order valence-electron chi connectivity index (χ0n) is 24.9. The molecule has 3 aromatic carbocycles. The standard InChI is InChI=1S/C34H29ClN10O/c1-20-30-29(25-11-5-7-13-28(25)40-30)26(24-10-4-6-12-27(24)35)17-45(20)34(46)23-9-3-2-8-21(23)14-44-16-22(41-42-44)15-43-19-39-31-32(36)37-18-38-33(31)43/h2-13,16,18-20,26,40H,14-15,17H2,1H3,(H2,36,37,38). The molecule has 0 saturated carbocycles. The van der Waals surface area contributed by atoms with E-state index in [1.54, 1.807) is 11.0 Å². The monoisotopic (exact) mass is 628 g/mol. The maximum Gasteiger partial charge on any atom is 0.254 e. The molecule has 7 aromatic rings. The van der Waals surface area contributed by atoms with E-state index in [-0.39, 0.29) is 17.9 Å². The van der Waals surface area contributed by atoms with Crippen molar-refractivity contribution in [2.75, 3.05) is 12.3 Å². The highest BCUT2D eigenvalue weighted by atomic mass is 35.5. The Morgan fingerprint density at radius 2 is 1.80 bits per heavy atom. The number of fused-ring (bicyclic) bond motifs is 4. The number of hydrogen-bond acceptors (Lipinski definition) is 7. The zero-order chi connectivity index (χ0) is 31.4. The SMILES string of the molecule is CC1c2[nH]c3ccccc3c2C(c2ccccc2Cl)CN1C(=O)c1ccccc1Cn1cc(Cn2cnc3c(N)ncnc32)nn1. The van der Waals surface area contributed by atoms with Crippen molar-refractivity contribution >= 4 is 45.4 Å². The van der Waals surface area contributed by atoms with E-state index in [4.69, 9.17) is 17.3 Å². The molecule has 5 heterocycles. The first-order valence-electron chi connectivity index (χ1n) is 15.0. The predicted octanol–water partition coefficient (Wildman–Crippen LogP) is 5.58. The second-order valence-electron chi connectivity index (χ2n) is 11.6. The second kappa shape index (κ2) is 11.1. The fourth-order valence-electron chi connectivity index (χ4n) is 6.63. The first-order chi connectivity index (χ1) is 22.5. The average Bonchev–Trinajstić information content (AvgIpc) is 3.80. The van der Waals surface area contributed by atoms with Crippen molar-refractivity contribution in [3.63, 3.8) is 0 Å². The van der Waals surface area contributed by atoms with Gasteiger partial charge in [-0.15, -0.1) is 5.10 Å². The van der Waals surface area contributed by atoms with E-state index in [1.165, 1.54) is 11.9 Å². The zero-order valence-corrected chi connectivity index (χ0v) is 25.6. The van der Waals surface area contributed by atoms with Crippen molar-refractivity contribution in [2.45, 2.75) is 32.0 Å². The number of amides is 1. The van der Waals surface area contributed by atoms with Gasteiger partial charge in [0.2, 0.25) is 0 Å². The van der Waals surface area contributed by atoms with Gasteiger partial charge in [-0.05, 0) is 41.8 Å². The minimum absolute atomic E-state index is 0.0491. The van der Waals surface area contributed by atoms with Crippen LogP contribution in [0.4, 0.5) is 5.82 Å². The van der Waals surface area contributed by atoms with Gasteiger partial charge in [-0.3, -0.25) is 4.79 Å². The molecule has 1 aliphatic heterocycles. The number of nitrogens with zero attached hydrogens (tertiary/aromatic N) is 8. The number of halogens is 1. The average molecular weight is 629 g/mol. The van der Waals surface area contributed by atoms with Crippen LogP contribution in [0.15, 0.2) is 91.6 Å². The summed E-state index contributed by atoms with van der Waals surface area (Å²) in [5.74, 6) is 0.188. The third-order valence-corrected chi connectivity index (χ3v) is 9.20. The van der Waals surface area contributed by atoms with Crippen molar-refractivity contribution in [3.8, 4) is 0 Å². The summed E-state index contributed by atoms with van der Waals surface area (Å²) in [6.07, 6.45) is 4.95. The number of rotatable bonds is 6. The highest BCUT2D eigenvalue weighted by molar-refractivity contribution is 6.31. The Hall–Kier alpha value is -5.55. The molecule has 1 amide bonds. The molecule has 0 radical (unpaired) electrons. The molecule has 0 saturated heterocycles. The highest BCUT2D eigenvalue weighted by Gasteiger charge is 2.38. The maximum absolute atomic E-state index is 14.5. The van der Waals surface area contributed by atoms with Crippen LogP contribution in [0, 0.1) is 0 Å². The van der Waals surface area contributed by atoms with Gasteiger partial charge < -0.3 is 20.2 Å². The number of H-pyrrole nitrogens is 1. The van der Waals surface area contributed by atoms with Crippen molar-refractivity contribution < 1.29 is 4.79 Å². The molecule has 8 rings (SSSR count). The van der Waals surface area contributed by atoms with Crippen LogP contribution >= 0.6 is 11.6 Å². The molecule has 0 bridgehead atoms. The van der Waals surface area contributed by atoms with Crippen LogP contribution in [0.5, 0.6) is 0 Å². The van der Waals surface area contributed by atoms with Crippen LogP contribution < -0.4 is 5.73 Å². The Balaban J connectivity index is 1.10. The van der Waals surface area contributed by atoms with E-state index in [9.17, 15) is 4.79 Å². The molecule has 2 unspecified atom stereocenters. The van der Waals surface area contributed by atoms with Gasteiger partial charge in [0.1, 0.15) is 17.5 Å². The van der Waals surface area contributed by atoms with Crippen molar-refractivity contribution in [2.24, 2.45) is 0 Å². The van der Waals surface area contributed by atoms with Crippen LogP contribution in [0.25, 0.3) is 22.1 Å². The van der Waals surface area contributed by atoms with Crippen LogP contribution in [-0.4, -0.2) is 56.8 Å². The summed E-state index contributed by atoms with van der Waals surface area (Å²) in [4.78, 5) is 32.7. The molecule has 0 aliphatic carbocycles. The smallest absolute Gasteiger partial charge is 0.254 e. The Morgan fingerprint density at radius 1 is 1.00 bits per heavy atom. The Morgan fingerprint density at radius 3 is 2.70 bits per heavy atom. The quantitative estimate of drug-likeness (QED) is 0.245. The van der Waals surface area contributed by atoms with Crippen LogP contribution in [0.3, 0.4) is 0 Å². The number of benzene rings is 3. The van der Waals surface area contributed by atoms with Gasteiger partial charge in [-0.2, -0.15) is 0 Å². The van der Waals surface area contributed by atoms with E-state index in [2.05, 4.69) is 61.4 Å². The number of hydrogen-bond donors (Lipinski definition) is 2. The third kappa shape index (κ3) is 4.67. The highest BCUT2D eigenvalue weighted by Crippen LogP contribution is 2.45. The maximum atomic E-state index is 14.5. The van der Waals surface area contributed by atoms with E-state index >= 15 is 0 Å². The number of nitrogen functional groups attached to an aromatic ring is 1. The van der Waals surface area contributed by atoms with Crippen molar-refractivity contribution in [3.05, 3.63) is 130 Å². The molecule has 0 spiro atoms. The number of imidazole rings is 1. The first kappa shape index (κ1) is 28.0. The molecule has 0 fully saturated rings. The van der Waals surface area contributed by atoms with Gasteiger partial charge in [0.25, 0.3) is 5.91 Å². The number of anilines is 1. The second-order valence-corrected chi connectivity index (χ2v) is 12.0. The van der Waals surface area contributed by atoms with Crippen LogP contribution in [-0.2, 0) is 13.1 Å². The number of nitrogens with one attached hydrogen (secondary N) is 1. The lowest BCUT2D eigenvalue weighted by Crippen LogP contribution is -2.41. The fourth-order valence-corrected chi connectivity index (χ4v) is 6.90. The topological polar surface area (TPSA) is 136 Å². The van der Waals surface area contributed by atoms with Gasteiger partial charge in [-0.25, -0.2) is 19.6 Å². The predicted molar refractivity (Wildman–Crippen MR) is 175 cm³/mol. The van der Waals surface area contributed by atoms with Crippen molar-refractivity contribution in [1.29, 1.82) is 0 Å². The van der Waals surface area contributed by atoms with Gasteiger partial charge in [-0.1, -0.05) is 71.4 Å². The van der Waals surface area contributed by atoms with Crippen molar-refractivity contribution in [1.82, 2.24) is 44.4 Å².